The van der Waals surface area contributed by atoms with E-state index in [2.05, 4.69) is 18.5 Å². The molecule has 0 fully saturated rings. The van der Waals surface area contributed by atoms with E-state index in [1.807, 2.05) is 6.92 Å². The van der Waals surface area contributed by atoms with Gasteiger partial charge in [0.1, 0.15) is 0 Å². The number of carboxylic acid groups (broad SMARTS) is 1. The smallest absolute Gasteiger partial charge is 0.307 e. The lowest BCUT2D eigenvalue weighted by molar-refractivity contribution is -0.141. The molecule has 0 rings (SSSR count). The predicted octanol–water partition coefficient (Wildman–Crippen LogP) is 1.44. The number of carbonyl (C=O) groups is 1. The van der Waals surface area contributed by atoms with E-state index in [9.17, 15) is 4.79 Å². The van der Waals surface area contributed by atoms with Crippen LogP contribution in [0.25, 0.3) is 0 Å². The number of hydrogen-bond acceptors (Lipinski definition) is 3. The second-order valence-electron chi connectivity index (χ2n) is 3.37. The van der Waals surface area contributed by atoms with Gasteiger partial charge in [0.25, 0.3) is 0 Å². The summed E-state index contributed by atoms with van der Waals surface area (Å²) >= 11 is 1.78. The number of carboxylic acids is 1. The zero-order valence-corrected chi connectivity index (χ0v) is 9.52. The third kappa shape index (κ3) is 5.16. The summed E-state index contributed by atoms with van der Waals surface area (Å²) in [5, 5.41) is 12.5. The lowest BCUT2D eigenvalue weighted by Crippen LogP contribution is -2.39. The van der Waals surface area contributed by atoms with E-state index >= 15 is 0 Å². The van der Waals surface area contributed by atoms with E-state index in [0.717, 1.165) is 6.54 Å². The van der Waals surface area contributed by atoms with E-state index in [0.29, 0.717) is 5.25 Å². The van der Waals surface area contributed by atoms with E-state index in [1.165, 1.54) is 0 Å². The minimum atomic E-state index is -0.739. The number of hydrogen-bond donors (Lipinski definition) is 2. The zero-order chi connectivity index (χ0) is 10.4. The Morgan fingerprint density at radius 3 is 2.38 bits per heavy atom. The van der Waals surface area contributed by atoms with Gasteiger partial charge in [0.15, 0.2) is 0 Å². The molecule has 0 aromatic heterocycles. The molecule has 0 aliphatic rings. The summed E-state index contributed by atoms with van der Waals surface area (Å²) in [5.41, 5.74) is 0. The average molecular weight is 205 g/mol. The van der Waals surface area contributed by atoms with Crippen LogP contribution in [0, 0.1) is 5.92 Å². The average Bonchev–Trinajstić information content (AvgIpc) is 2.11. The van der Waals surface area contributed by atoms with Crippen molar-refractivity contribution < 1.29 is 9.90 Å². The molecule has 0 spiro atoms. The minimum Gasteiger partial charge on any atom is -0.481 e. The maximum atomic E-state index is 10.6. The fraction of sp³-hybridized carbons (Fsp3) is 0.889. The van der Waals surface area contributed by atoms with Crippen LogP contribution in [0.4, 0.5) is 0 Å². The molecule has 0 aliphatic carbocycles. The van der Waals surface area contributed by atoms with Crippen LogP contribution >= 0.6 is 11.8 Å². The van der Waals surface area contributed by atoms with Crippen LogP contribution in [0.2, 0.25) is 0 Å². The van der Waals surface area contributed by atoms with Crippen molar-refractivity contribution in [1.82, 2.24) is 5.32 Å². The Balaban J connectivity index is 3.73. The highest BCUT2D eigenvalue weighted by Gasteiger charge is 2.18. The number of nitrogens with one attached hydrogen (secondary N) is 1. The molecule has 4 heteroatoms. The molecular weight excluding hydrogens is 186 g/mol. The third-order valence-electron chi connectivity index (χ3n) is 2.27. The lowest BCUT2D eigenvalue weighted by Gasteiger charge is -2.19. The highest BCUT2D eigenvalue weighted by atomic mass is 32.2. The van der Waals surface area contributed by atoms with Crippen LogP contribution in [0.5, 0.6) is 0 Å². The van der Waals surface area contributed by atoms with Crippen molar-refractivity contribution in [1.29, 1.82) is 0 Å². The van der Waals surface area contributed by atoms with Gasteiger partial charge in [-0.25, -0.2) is 0 Å². The molecule has 78 valence electrons. The Morgan fingerprint density at radius 2 is 2.00 bits per heavy atom. The molecule has 3 atom stereocenters. The fourth-order valence-electron chi connectivity index (χ4n) is 0.826. The highest BCUT2D eigenvalue weighted by Crippen LogP contribution is 2.06. The quantitative estimate of drug-likeness (QED) is 0.689. The Bertz CT molecular complexity index is 164. The fourth-order valence-corrected chi connectivity index (χ4v) is 1.09. The summed E-state index contributed by atoms with van der Waals surface area (Å²) in [7, 11) is 0. The van der Waals surface area contributed by atoms with Gasteiger partial charge in [-0.05, 0) is 13.2 Å². The molecule has 0 radical (unpaired) electrons. The Labute approximate surface area is 84.3 Å². The first-order valence-corrected chi connectivity index (χ1v) is 5.76. The second kappa shape index (κ2) is 6.27. The van der Waals surface area contributed by atoms with Crippen molar-refractivity contribution in [2.45, 2.75) is 32.1 Å². The van der Waals surface area contributed by atoms with Crippen LogP contribution in [-0.2, 0) is 4.79 Å². The summed E-state index contributed by atoms with van der Waals surface area (Å²) in [4.78, 5) is 10.6. The number of aliphatic carboxylic acids is 1. The van der Waals surface area contributed by atoms with E-state index in [1.54, 1.807) is 18.7 Å². The van der Waals surface area contributed by atoms with Crippen molar-refractivity contribution >= 4 is 17.7 Å². The number of rotatable bonds is 6. The summed E-state index contributed by atoms with van der Waals surface area (Å²) in [6.45, 7) is 6.62. The molecule has 13 heavy (non-hydrogen) atoms. The van der Waals surface area contributed by atoms with Gasteiger partial charge in [0.05, 0.1) is 5.92 Å². The maximum Gasteiger partial charge on any atom is 0.307 e. The van der Waals surface area contributed by atoms with Crippen molar-refractivity contribution in [2.75, 3.05) is 12.8 Å². The molecule has 0 saturated carbocycles. The molecule has 0 aliphatic heterocycles. The molecule has 0 amide bonds. The maximum absolute atomic E-state index is 10.6. The van der Waals surface area contributed by atoms with E-state index < -0.39 is 5.97 Å². The van der Waals surface area contributed by atoms with Crippen molar-refractivity contribution in [3.8, 4) is 0 Å². The Morgan fingerprint density at radius 1 is 1.46 bits per heavy atom. The Hall–Kier alpha value is -0.220. The van der Waals surface area contributed by atoms with Crippen LogP contribution in [0.3, 0.4) is 0 Å². The molecule has 0 aromatic rings. The Kier molecular flexibility index (Phi) is 6.16. The molecule has 0 saturated heterocycles. The monoisotopic (exact) mass is 205 g/mol. The number of thioether (sulfide) groups is 1. The highest BCUT2D eigenvalue weighted by molar-refractivity contribution is 7.99. The van der Waals surface area contributed by atoms with Gasteiger partial charge in [-0.1, -0.05) is 13.8 Å². The van der Waals surface area contributed by atoms with Crippen LogP contribution in [0.1, 0.15) is 20.8 Å². The lowest BCUT2D eigenvalue weighted by atomic mass is 10.0. The van der Waals surface area contributed by atoms with E-state index in [-0.39, 0.29) is 12.0 Å². The molecule has 0 aromatic carbocycles. The molecule has 3 unspecified atom stereocenters. The van der Waals surface area contributed by atoms with Crippen LogP contribution < -0.4 is 5.32 Å². The first-order chi connectivity index (χ1) is 5.99. The minimum absolute atomic E-state index is 0.0344. The second-order valence-corrected chi connectivity index (χ2v) is 4.65. The van der Waals surface area contributed by atoms with Crippen molar-refractivity contribution in [2.24, 2.45) is 5.92 Å². The van der Waals surface area contributed by atoms with Crippen LogP contribution in [-0.4, -0.2) is 35.2 Å². The summed E-state index contributed by atoms with van der Waals surface area (Å²) in [6.07, 6.45) is 2.05. The molecular formula is C9H19NO2S. The summed E-state index contributed by atoms with van der Waals surface area (Å²) in [5.74, 6) is -1.06. The SMILES string of the molecule is CSC(C)CNC(C)C(C)C(=O)O. The van der Waals surface area contributed by atoms with Gasteiger partial charge in [-0.2, -0.15) is 11.8 Å². The standard InChI is InChI=1S/C9H19NO2S/c1-6(13-4)5-10-8(3)7(2)9(11)12/h6-8,10H,5H2,1-4H3,(H,11,12). The predicted molar refractivity (Wildman–Crippen MR) is 57.2 cm³/mol. The summed E-state index contributed by atoms with van der Waals surface area (Å²) < 4.78 is 0. The van der Waals surface area contributed by atoms with Gasteiger partial charge in [-0.3, -0.25) is 4.79 Å². The van der Waals surface area contributed by atoms with Gasteiger partial charge in [0, 0.05) is 17.8 Å². The van der Waals surface area contributed by atoms with Gasteiger partial charge in [0.2, 0.25) is 0 Å². The van der Waals surface area contributed by atoms with Crippen LogP contribution in [0.15, 0.2) is 0 Å². The largest absolute Gasteiger partial charge is 0.481 e. The van der Waals surface area contributed by atoms with Gasteiger partial charge >= 0.3 is 5.97 Å². The molecule has 0 heterocycles. The van der Waals surface area contributed by atoms with Crippen molar-refractivity contribution in [3.05, 3.63) is 0 Å². The van der Waals surface area contributed by atoms with Crippen molar-refractivity contribution in [3.63, 3.8) is 0 Å². The van der Waals surface area contributed by atoms with Gasteiger partial charge in [-0.15, -0.1) is 0 Å². The third-order valence-corrected chi connectivity index (χ3v) is 3.24. The first kappa shape index (κ1) is 12.8. The zero-order valence-electron chi connectivity index (χ0n) is 8.70. The summed E-state index contributed by atoms with van der Waals surface area (Å²) in [6, 6.07) is 0.0344. The normalized spacial score (nSPS) is 17.8. The van der Waals surface area contributed by atoms with E-state index in [4.69, 9.17) is 5.11 Å². The topological polar surface area (TPSA) is 49.3 Å². The first-order valence-electron chi connectivity index (χ1n) is 4.48. The van der Waals surface area contributed by atoms with Gasteiger partial charge < -0.3 is 10.4 Å². The molecule has 3 nitrogen and oxygen atoms in total. The molecule has 2 N–H and O–H groups in total. The molecule has 0 bridgehead atoms.